The lowest BCUT2D eigenvalue weighted by atomic mass is 9.93. The summed E-state index contributed by atoms with van der Waals surface area (Å²) in [5, 5.41) is 7.25. The van der Waals surface area contributed by atoms with Crippen LogP contribution in [0.2, 0.25) is 0 Å². The van der Waals surface area contributed by atoms with Gasteiger partial charge in [-0.2, -0.15) is 4.98 Å². The lowest BCUT2D eigenvalue weighted by Gasteiger charge is -2.32. The summed E-state index contributed by atoms with van der Waals surface area (Å²) in [6.07, 6.45) is 7.85. The van der Waals surface area contributed by atoms with E-state index in [1.807, 2.05) is 0 Å². The fourth-order valence-electron chi connectivity index (χ4n) is 4.21. The summed E-state index contributed by atoms with van der Waals surface area (Å²) < 4.78 is 18.4. The standard InChI is InChI=1S/C21H27FN4O2/c22-17-10-8-15(9-11-17)20-24-19(28-25-20)14-26-12-4-5-16(13-26)21(27)23-18-6-2-1-3-7-18/h8-11,16,18H,1-7,12-14H2,(H,23,27). The maximum absolute atomic E-state index is 13.1. The Labute approximate surface area is 164 Å². The van der Waals surface area contributed by atoms with E-state index in [9.17, 15) is 9.18 Å². The van der Waals surface area contributed by atoms with Gasteiger partial charge in [0.05, 0.1) is 12.5 Å². The highest BCUT2D eigenvalue weighted by Gasteiger charge is 2.28. The Morgan fingerprint density at radius 1 is 1.14 bits per heavy atom. The van der Waals surface area contributed by atoms with E-state index in [1.54, 1.807) is 12.1 Å². The first-order chi connectivity index (χ1) is 13.7. The van der Waals surface area contributed by atoms with Crippen molar-refractivity contribution >= 4 is 5.91 Å². The van der Waals surface area contributed by atoms with Gasteiger partial charge in [-0.25, -0.2) is 4.39 Å². The molecule has 1 unspecified atom stereocenters. The van der Waals surface area contributed by atoms with Crippen LogP contribution in [-0.4, -0.2) is 40.1 Å². The number of likely N-dealkylation sites (tertiary alicyclic amines) is 1. The van der Waals surface area contributed by atoms with Crippen LogP contribution < -0.4 is 5.32 Å². The number of carbonyl (C=O) groups excluding carboxylic acids is 1. The number of nitrogens with one attached hydrogen (secondary N) is 1. The Balaban J connectivity index is 1.32. The fraction of sp³-hybridized carbons (Fsp3) is 0.571. The van der Waals surface area contributed by atoms with Crippen LogP contribution in [-0.2, 0) is 11.3 Å². The highest BCUT2D eigenvalue weighted by atomic mass is 19.1. The van der Waals surface area contributed by atoms with Crippen molar-refractivity contribution in [3.63, 3.8) is 0 Å². The van der Waals surface area contributed by atoms with Crippen LogP contribution in [0.5, 0.6) is 0 Å². The van der Waals surface area contributed by atoms with Crippen molar-refractivity contribution < 1.29 is 13.7 Å². The minimum atomic E-state index is -0.293. The molecule has 0 spiro atoms. The van der Waals surface area contributed by atoms with Gasteiger partial charge in [0.15, 0.2) is 0 Å². The van der Waals surface area contributed by atoms with Crippen LogP contribution in [0.1, 0.15) is 50.8 Å². The molecule has 4 rings (SSSR count). The Kier molecular flexibility index (Phi) is 6.00. The zero-order chi connectivity index (χ0) is 19.3. The van der Waals surface area contributed by atoms with E-state index in [4.69, 9.17) is 4.52 Å². The number of amides is 1. The van der Waals surface area contributed by atoms with E-state index in [-0.39, 0.29) is 17.6 Å². The maximum atomic E-state index is 13.1. The third kappa shape index (κ3) is 4.76. The van der Waals surface area contributed by atoms with E-state index in [1.165, 1.54) is 31.4 Å². The maximum Gasteiger partial charge on any atom is 0.241 e. The summed E-state index contributed by atoms with van der Waals surface area (Å²) in [4.78, 5) is 19.3. The van der Waals surface area contributed by atoms with Crippen molar-refractivity contribution in [2.24, 2.45) is 5.92 Å². The molecule has 0 radical (unpaired) electrons. The third-order valence-corrected chi connectivity index (χ3v) is 5.76. The van der Waals surface area contributed by atoms with Gasteiger partial charge >= 0.3 is 0 Å². The van der Waals surface area contributed by atoms with Gasteiger partial charge in [-0.05, 0) is 56.5 Å². The first-order valence-electron chi connectivity index (χ1n) is 10.3. The number of rotatable bonds is 5. The second-order valence-corrected chi connectivity index (χ2v) is 7.94. The minimum absolute atomic E-state index is 0.0233. The Morgan fingerprint density at radius 2 is 1.93 bits per heavy atom. The minimum Gasteiger partial charge on any atom is -0.353 e. The van der Waals surface area contributed by atoms with Crippen LogP contribution in [0, 0.1) is 11.7 Å². The highest BCUT2D eigenvalue weighted by molar-refractivity contribution is 5.79. The lowest BCUT2D eigenvalue weighted by molar-refractivity contribution is -0.127. The molecule has 1 aromatic carbocycles. The quantitative estimate of drug-likeness (QED) is 0.851. The second-order valence-electron chi connectivity index (χ2n) is 7.94. The third-order valence-electron chi connectivity index (χ3n) is 5.76. The molecule has 28 heavy (non-hydrogen) atoms. The van der Waals surface area contributed by atoms with Crippen LogP contribution >= 0.6 is 0 Å². The fourth-order valence-corrected chi connectivity index (χ4v) is 4.21. The summed E-state index contributed by atoms with van der Waals surface area (Å²) >= 11 is 0. The van der Waals surface area contributed by atoms with Crippen molar-refractivity contribution in [3.05, 3.63) is 36.0 Å². The molecule has 7 heteroatoms. The van der Waals surface area contributed by atoms with Crippen molar-refractivity contribution in [3.8, 4) is 11.4 Å². The largest absolute Gasteiger partial charge is 0.353 e. The van der Waals surface area contributed by atoms with E-state index in [0.717, 1.165) is 37.8 Å². The first-order valence-corrected chi connectivity index (χ1v) is 10.3. The SMILES string of the molecule is O=C(NC1CCCCC1)C1CCCN(Cc2nc(-c3ccc(F)cc3)no2)C1. The Bertz CT molecular complexity index is 786. The van der Waals surface area contributed by atoms with Gasteiger partial charge < -0.3 is 9.84 Å². The van der Waals surface area contributed by atoms with Gasteiger partial charge in [0.2, 0.25) is 17.6 Å². The molecule has 1 aliphatic heterocycles. The molecule has 2 aliphatic rings. The van der Waals surface area contributed by atoms with Crippen LogP contribution in [0.25, 0.3) is 11.4 Å². The number of carbonyl (C=O) groups is 1. The van der Waals surface area contributed by atoms with Gasteiger partial charge in [-0.3, -0.25) is 9.69 Å². The normalized spacial score (nSPS) is 21.5. The molecule has 1 amide bonds. The molecule has 1 saturated heterocycles. The van der Waals surface area contributed by atoms with Crippen LogP contribution in [0.3, 0.4) is 0 Å². The van der Waals surface area contributed by atoms with E-state index in [2.05, 4.69) is 20.4 Å². The lowest BCUT2D eigenvalue weighted by Crippen LogP contribution is -2.46. The summed E-state index contributed by atoms with van der Waals surface area (Å²) in [6.45, 7) is 2.16. The van der Waals surface area contributed by atoms with Crippen LogP contribution in [0.15, 0.2) is 28.8 Å². The summed E-state index contributed by atoms with van der Waals surface area (Å²) in [6, 6.07) is 6.38. The predicted molar refractivity (Wildman–Crippen MR) is 103 cm³/mol. The predicted octanol–water partition coefficient (Wildman–Crippen LogP) is 3.54. The van der Waals surface area contributed by atoms with E-state index in [0.29, 0.717) is 30.8 Å². The molecule has 1 aromatic heterocycles. The summed E-state index contributed by atoms with van der Waals surface area (Å²) in [5.74, 6) is 0.897. The number of hydrogen-bond donors (Lipinski definition) is 1. The second kappa shape index (κ2) is 8.82. The molecule has 2 fully saturated rings. The number of aromatic nitrogens is 2. The van der Waals surface area contributed by atoms with Gasteiger partial charge in [0.1, 0.15) is 5.82 Å². The molecular formula is C21H27FN4O2. The zero-order valence-electron chi connectivity index (χ0n) is 16.1. The molecule has 2 heterocycles. The molecule has 1 aliphatic carbocycles. The molecule has 0 bridgehead atoms. The average Bonchev–Trinajstić information content (AvgIpc) is 3.18. The highest BCUT2D eigenvalue weighted by Crippen LogP contribution is 2.22. The summed E-state index contributed by atoms with van der Waals surface area (Å²) in [7, 11) is 0. The molecule has 6 nitrogen and oxygen atoms in total. The number of halogens is 1. The van der Waals surface area contributed by atoms with Crippen molar-refractivity contribution in [1.29, 1.82) is 0 Å². The van der Waals surface area contributed by atoms with Gasteiger partial charge in [-0.1, -0.05) is 24.4 Å². The molecule has 1 saturated carbocycles. The number of hydrogen-bond acceptors (Lipinski definition) is 5. The van der Waals surface area contributed by atoms with Crippen molar-refractivity contribution in [1.82, 2.24) is 20.4 Å². The molecule has 1 atom stereocenters. The Hall–Kier alpha value is -2.28. The molecule has 2 aromatic rings. The van der Waals surface area contributed by atoms with Crippen LogP contribution in [0.4, 0.5) is 4.39 Å². The van der Waals surface area contributed by atoms with Gasteiger partial charge in [0, 0.05) is 18.2 Å². The monoisotopic (exact) mass is 386 g/mol. The zero-order valence-corrected chi connectivity index (χ0v) is 16.1. The van der Waals surface area contributed by atoms with Crippen molar-refractivity contribution in [2.75, 3.05) is 13.1 Å². The van der Waals surface area contributed by atoms with Crippen molar-refractivity contribution in [2.45, 2.75) is 57.5 Å². The smallest absolute Gasteiger partial charge is 0.241 e. The number of piperidine rings is 1. The number of nitrogens with zero attached hydrogens (tertiary/aromatic N) is 3. The van der Waals surface area contributed by atoms with E-state index < -0.39 is 0 Å². The van der Waals surface area contributed by atoms with Gasteiger partial charge in [0.25, 0.3) is 0 Å². The molecular weight excluding hydrogens is 359 g/mol. The van der Waals surface area contributed by atoms with E-state index >= 15 is 0 Å². The molecule has 1 N–H and O–H groups in total. The average molecular weight is 386 g/mol. The van der Waals surface area contributed by atoms with Gasteiger partial charge in [-0.15, -0.1) is 0 Å². The first kappa shape index (κ1) is 19.1. The molecule has 150 valence electrons. The topological polar surface area (TPSA) is 71.3 Å². The Morgan fingerprint density at radius 3 is 2.71 bits per heavy atom. The number of benzene rings is 1. The summed E-state index contributed by atoms with van der Waals surface area (Å²) in [5.41, 5.74) is 0.722.